The van der Waals surface area contributed by atoms with Gasteiger partial charge in [-0.3, -0.25) is 11.3 Å². The third-order valence-corrected chi connectivity index (χ3v) is 1.34. The van der Waals surface area contributed by atoms with Crippen LogP contribution in [0.1, 0.15) is 18.7 Å². The highest BCUT2D eigenvalue weighted by atomic mass is 15.2. The summed E-state index contributed by atoms with van der Waals surface area (Å²) in [5, 5.41) is 0. The predicted molar refractivity (Wildman–Crippen MR) is 36.5 cm³/mol. The molecule has 0 fully saturated rings. The number of H-pyrrole nitrogens is 1. The molecule has 0 aromatic carbocycles. The van der Waals surface area contributed by atoms with Gasteiger partial charge in [0.1, 0.15) is 0 Å². The molecule has 9 heavy (non-hydrogen) atoms. The Balaban J connectivity index is 2.65. The van der Waals surface area contributed by atoms with E-state index in [4.69, 9.17) is 5.84 Å². The smallest absolute Gasteiger partial charge is 0.0581 e. The van der Waals surface area contributed by atoms with E-state index in [1.54, 1.807) is 0 Å². The van der Waals surface area contributed by atoms with Crippen molar-refractivity contribution in [3.8, 4) is 0 Å². The molecule has 50 valence electrons. The van der Waals surface area contributed by atoms with E-state index in [1.807, 2.05) is 25.3 Å². The summed E-state index contributed by atoms with van der Waals surface area (Å²) in [5.41, 5.74) is 3.74. The Hall–Kier alpha value is -0.800. The van der Waals surface area contributed by atoms with Gasteiger partial charge in [-0.2, -0.15) is 0 Å². The number of nitrogens with two attached hydrogens (primary N) is 1. The molecule has 1 rings (SSSR count). The third-order valence-electron chi connectivity index (χ3n) is 1.34. The fourth-order valence-electron chi connectivity index (χ4n) is 0.703. The molecule has 0 aliphatic rings. The Morgan fingerprint density at radius 3 is 3.00 bits per heavy atom. The first-order valence-corrected chi connectivity index (χ1v) is 2.94. The SMILES string of the molecule is CC(NN)c1ccc[nH]1. The van der Waals surface area contributed by atoms with Gasteiger partial charge >= 0.3 is 0 Å². The van der Waals surface area contributed by atoms with Crippen LogP contribution < -0.4 is 11.3 Å². The van der Waals surface area contributed by atoms with Crippen molar-refractivity contribution in [1.29, 1.82) is 0 Å². The van der Waals surface area contributed by atoms with Crippen molar-refractivity contribution in [2.24, 2.45) is 5.84 Å². The van der Waals surface area contributed by atoms with E-state index in [9.17, 15) is 0 Å². The van der Waals surface area contributed by atoms with Gasteiger partial charge in [0.25, 0.3) is 0 Å². The van der Waals surface area contributed by atoms with Gasteiger partial charge in [-0.1, -0.05) is 0 Å². The van der Waals surface area contributed by atoms with Crippen LogP contribution in [0.4, 0.5) is 0 Å². The van der Waals surface area contributed by atoms with Gasteiger partial charge in [0.05, 0.1) is 6.04 Å². The van der Waals surface area contributed by atoms with Crippen LogP contribution in [0.2, 0.25) is 0 Å². The van der Waals surface area contributed by atoms with Gasteiger partial charge in [0, 0.05) is 11.9 Å². The van der Waals surface area contributed by atoms with Gasteiger partial charge in [0.2, 0.25) is 0 Å². The lowest BCUT2D eigenvalue weighted by Crippen LogP contribution is -2.25. The van der Waals surface area contributed by atoms with Crippen molar-refractivity contribution in [2.45, 2.75) is 13.0 Å². The second-order valence-corrected chi connectivity index (χ2v) is 2.01. The molecular weight excluding hydrogens is 114 g/mol. The molecule has 4 N–H and O–H groups in total. The third kappa shape index (κ3) is 1.31. The summed E-state index contributed by atoms with van der Waals surface area (Å²) < 4.78 is 0. The summed E-state index contributed by atoms with van der Waals surface area (Å²) >= 11 is 0. The Kier molecular flexibility index (Phi) is 1.87. The fourth-order valence-corrected chi connectivity index (χ4v) is 0.703. The number of hydrazine groups is 1. The first-order chi connectivity index (χ1) is 4.34. The lowest BCUT2D eigenvalue weighted by molar-refractivity contribution is 0.590. The topological polar surface area (TPSA) is 53.8 Å². The monoisotopic (exact) mass is 125 g/mol. The molecule has 1 heterocycles. The minimum atomic E-state index is 0.208. The molecule has 1 unspecified atom stereocenters. The number of hydrogen-bond donors (Lipinski definition) is 3. The summed E-state index contributed by atoms with van der Waals surface area (Å²) in [7, 11) is 0. The van der Waals surface area contributed by atoms with Crippen LogP contribution in [0.5, 0.6) is 0 Å². The van der Waals surface area contributed by atoms with E-state index in [-0.39, 0.29) is 6.04 Å². The van der Waals surface area contributed by atoms with Crippen LogP contribution in [0.15, 0.2) is 18.3 Å². The molecule has 0 radical (unpaired) electrons. The van der Waals surface area contributed by atoms with E-state index < -0.39 is 0 Å². The number of hydrogen-bond acceptors (Lipinski definition) is 2. The van der Waals surface area contributed by atoms with Gasteiger partial charge < -0.3 is 4.98 Å². The molecule has 3 heteroatoms. The highest BCUT2D eigenvalue weighted by Gasteiger charge is 1.99. The van der Waals surface area contributed by atoms with Gasteiger partial charge in [0.15, 0.2) is 0 Å². The van der Waals surface area contributed by atoms with E-state index in [0.717, 1.165) is 5.69 Å². The fraction of sp³-hybridized carbons (Fsp3) is 0.333. The highest BCUT2D eigenvalue weighted by molar-refractivity contribution is 5.07. The maximum absolute atomic E-state index is 5.19. The zero-order chi connectivity index (χ0) is 6.69. The quantitative estimate of drug-likeness (QED) is 0.399. The Morgan fingerprint density at radius 2 is 2.56 bits per heavy atom. The first kappa shape index (κ1) is 6.32. The van der Waals surface area contributed by atoms with Crippen LogP contribution in [0.3, 0.4) is 0 Å². The van der Waals surface area contributed by atoms with Crippen LogP contribution in [-0.4, -0.2) is 4.98 Å². The molecule has 0 spiro atoms. The number of nitrogens with one attached hydrogen (secondary N) is 2. The Labute approximate surface area is 54.2 Å². The van der Waals surface area contributed by atoms with Crippen LogP contribution >= 0.6 is 0 Å². The van der Waals surface area contributed by atoms with Crippen molar-refractivity contribution in [3.05, 3.63) is 24.0 Å². The standard InChI is InChI=1S/C6H11N3/c1-5(9-7)6-3-2-4-8-6/h2-5,8-9H,7H2,1H3. The molecule has 0 saturated carbocycles. The Morgan fingerprint density at radius 1 is 1.78 bits per heavy atom. The van der Waals surface area contributed by atoms with Gasteiger partial charge in [-0.05, 0) is 19.1 Å². The average molecular weight is 125 g/mol. The lowest BCUT2D eigenvalue weighted by atomic mass is 10.2. The molecule has 0 aliphatic carbocycles. The summed E-state index contributed by atoms with van der Waals surface area (Å²) in [4.78, 5) is 3.05. The number of rotatable bonds is 2. The van der Waals surface area contributed by atoms with Crippen LogP contribution in [0, 0.1) is 0 Å². The average Bonchev–Trinajstić information content (AvgIpc) is 2.37. The second kappa shape index (κ2) is 2.66. The van der Waals surface area contributed by atoms with Crippen molar-refractivity contribution in [1.82, 2.24) is 10.4 Å². The molecule has 1 atom stereocenters. The normalized spacial score (nSPS) is 13.6. The molecule has 1 aromatic heterocycles. The minimum absolute atomic E-state index is 0.208. The molecule has 0 amide bonds. The Bertz CT molecular complexity index is 157. The zero-order valence-corrected chi connectivity index (χ0v) is 5.39. The number of aromatic amines is 1. The highest BCUT2D eigenvalue weighted by Crippen LogP contribution is 2.05. The second-order valence-electron chi connectivity index (χ2n) is 2.01. The van der Waals surface area contributed by atoms with Gasteiger partial charge in [-0.15, -0.1) is 0 Å². The van der Waals surface area contributed by atoms with Gasteiger partial charge in [-0.25, -0.2) is 0 Å². The van der Waals surface area contributed by atoms with Crippen molar-refractivity contribution in [3.63, 3.8) is 0 Å². The maximum Gasteiger partial charge on any atom is 0.0581 e. The molecule has 0 saturated heterocycles. The number of aromatic nitrogens is 1. The lowest BCUT2D eigenvalue weighted by Gasteiger charge is -2.05. The van der Waals surface area contributed by atoms with E-state index in [2.05, 4.69) is 10.4 Å². The summed E-state index contributed by atoms with van der Waals surface area (Å²) in [6, 6.07) is 4.15. The summed E-state index contributed by atoms with van der Waals surface area (Å²) in [6.07, 6.45) is 1.88. The van der Waals surface area contributed by atoms with E-state index >= 15 is 0 Å². The van der Waals surface area contributed by atoms with E-state index in [0.29, 0.717) is 0 Å². The molecule has 0 bridgehead atoms. The molecule has 3 nitrogen and oxygen atoms in total. The van der Waals surface area contributed by atoms with Crippen LogP contribution in [-0.2, 0) is 0 Å². The molecule has 0 aliphatic heterocycles. The maximum atomic E-state index is 5.19. The summed E-state index contributed by atoms with van der Waals surface area (Å²) in [6.45, 7) is 1.99. The van der Waals surface area contributed by atoms with E-state index in [1.165, 1.54) is 0 Å². The zero-order valence-electron chi connectivity index (χ0n) is 5.39. The minimum Gasteiger partial charge on any atom is -0.364 e. The largest absolute Gasteiger partial charge is 0.364 e. The molecule has 1 aromatic rings. The van der Waals surface area contributed by atoms with Crippen molar-refractivity contribution >= 4 is 0 Å². The first-order valence-electron chi connectivity index (χ1n) is 2.94. The molecular formula is C6H11N3. The van der Waals surface area contributed by atoms with Crippen molar-refractivity contribution in [2.75, 3.05) is 0 Å². The summed E-state index contributed by atoms with van der Waals surface area (Å²) in [5.74, 6) is 5.19. The van der Waals surface area contributed by atoms with Crippen molar-refractivity contribution < 1.29 is 0 Å². The predicted octanol–water partition coefficient (Wildman–Crippen LogP) is 0.539. The van der Waals surface area contributed by atoms with Crippen LogP contribution in [0.25, 0.3) is 0 Å².